The Morgan fingerprint density at radius 3 is 2.43 bits per heavy atom. The van der Waals surface area contributed by atoms with E-state index < -0.39 is 53.6 Å². The third-order valence-corrected chi connectivity index (χ3v) is 4.59. The number of non-ortho nitro benzene ring substituents is 1. The van der Waals surface area contributed by atoms with Crippen molar-refractivity contribution >= 4 is 35.1 Å². The topological polar surface area (TPSA) is 136 Å². The zero-order valence-corrected chi connectivity index (χ0v) is 14.7. The van der Waals surface area contributed by atoms with Crippen LogP contribution in [0.3, 0.4) is 0 Å². The second-order valence-corrected chi connectivity index (χ2v) is 6.43. The summed E-state index contributed by atoms with van der Waals surface area (Å²) in [6.07, 6.45) is 4.61. The van der Waals surface area contributed by atoms with Crippen LogP contribution in [0, 0.1) is 22.0 Å². The summed E-state index contributed by atoms with van der Waals surface area (Å²) >= 11 is 0. The highest BCUT2D eigenvalue weighted by Crippen LogP contribution is 2.34. The normalized spacial score (nSPS) is 20.6. The van der Waals surface area contributed by atoms with E-state index >= 15 is 0 Å². The Bertz CT molecular complexity index is 854. The lowest BCUT2D eigenvalue weighted by Crippen LogP contribution is -2.37. The minimum Gasteiger partial charge on any atom is -0.454 e. The van der Waals surface area contributed by atoms with Crippen LogP contribution < -0.4 is 5.32 Å². The molecule has 1 aromatic carbocycles. The van der Waals surface area contributed by atoms with Gasteiger partial charge in [-0.25, -0.2) is 0 Å². The van der Waals surface area contributed by atoms with E-state index in [9.17, 15) is 29.3 Å². The SMILES string of the molecule is O=C(COC(=O)CN1C(=O)[C@H]2CC=CC[C@H]2C1=O)Nc1cccc([N+](=O)[O-])c1. The van der Waals surface area contributed by atoms with E-state index in [1.807, 2.05) is 12.2 Å². The second-order valence-electron chi connectivity index (χ2n) is 6.43. The molecule has 1 heterocycles. The summed E-state index contributed by atoms with van der Waals surface area (Å²) in [5.74, 6) is -3.28. The highest BCUT2D eigenvalue weighted by atomic mass is 16.6. The molecular weight excluding hydrogens is 370 g/mol. The number of carbonyl (C=O) groups excluding carboxylic acids is 4. The fraction of sp³-hybridized carbons (Fsp3) is 0.333. The van der Waals surface area contributed by atoms with E-state index in [0.29, 0.717) is 12.8 Å². The molecule has 2 aliphatic rings. The maximum Gasteiger partial charge on any atom is 0.326 e. The van der Waals surface area contributed by atoms with Gasteiger partial charge in [0.2, 0.25) is 11.8 Å². The van der Waals surface area contributed by atoms with E-state index in [4.69, 9.17) is 4.74 Å². The monoisotopic (exact) mass is 387 g/mol. The van der Waals surface area contributed by atoms with Gasteiger partial charge >= 0.3 is 5.97 Å². The zero-order chi connectivity index (χ0) is 20.3. The lowest BCUT2D eigenvalue weighted by atomic mass is 9.85. The number of benzene rings is 1. The molecule has 0 spiro atoms. The maximum absolute atomic E-state index is 12.3. The van der Waals surface area contributed by atoms with E-state index in [-0.39, 0.29) is 11.4 Å². The lowest BCUT2D eigenvalue weighted by Gasteiger charge is -2.14. The number of hydrogen-bond acceptors (Lipinski definition) is 7. The molecule has 0 unspecified atom stereocenters. The summed E-state index contributed by atoms with van der Waals surface area (Å²) in [5, 5.41) is 13.1. The van der Waals surface area contributed by atoms with Crippen molar-refractivity contribution in [1.29, 1.82) is 0 Å². The standard InChI is InChI=1S/C18H17N3O7/c22-15(19-11-4-3-5-12(8-11)21(26)27)10-28-16(23)9-20-17(24)13-6-1-2-7-14(13)18(20)25/h1-5,8,13-14H,6-7,9-10H2,(H,19,22)/t13-,14+. The summed E-state index contributed by atoms with van der Waals surface area (Å²) in [5.41, 5.74) is -0.0199. The molecule has 1 aliphatic carbocycles. The summed E-state index contributed by atoms with van der Waals surface area (Å²) in [4.78, 5) is 59.4. The quantitative estimate of drug-likeness (QED) is 0.253. The molecule has 10 heteroatoms. The number of nitro groups is 1. The summed E-state index contributed by atoms with van der Waals surface area (Å²) < 4.78 is 4.82. The van der Waals surface area contributed by atoms with E-state index in [2.05, 4.69) is 5.32 Å². The number of hydrogen-bond donors (Lipinski definition) is 1. The zero-order valence-electron chi connectivity index (χ0n) is 14.7. The van der Waals surface area contributed by atoms with Crippen molar-refractivity contribution in [3.8, 4) is 0 Å². The predicted octanol–water partition coefficient (Wildman–Crippen LogP) is 1.03. The molecule has 0 bridgehead atoms. The number of nitro benzene ring substituents is 1. The van der Waals surface area contributed by atoms with Crippen LogP contribution in [0.15, 0.2) is 36.4 Å². The molecule has 1 aromatic rings. The number of fused-ring (bicyclic) bond motifs is 1. The number of esters is 1. The average Bonchev–Trinajstić information content (AvgIpc) is 2.92. The molecule has 1 saturated heterocycles. The molecule has 10 nitrogen and oxygen atoms in total. The first-order valence-electron chi connectivity index (χ1n) is 8.57. The highest BCUT2D eigenvalue weighted by Gasteiger charge is 2.47. The minimum atomic E-state index is -0.887. The number of amides is 3. The predicted molar refractivity (Wildman–Crippen MR) is 94.8 cm³/mol. The molecule has 28 heavy (non-hydrogen) atoms. The van der Waals surface area contributed by atoms with Gasteiger partial charge in [-0.1, -0.05) is 18.2 Å². The van der Waals surface area contributed by atoms with Crippen LogP contribution >= 0.6 is 0 Å². The molecule has 3 amide bonds. The van der Waals surface area contributed by atoms with Crippen LogP contribution in [0.2, 0.25) is 0 Å². The van der Waals surface area contributed by atoms with Crippen molar-refractivity contribution < 1.29 is 28.8 Å². The largest absolute Gasteiger partial charge is 0.454 e. The number of anilines is 1. The van der Waals surface area contributed by atoms with Crippen molar-refractivity contribution in [1.82, 2.24) is 4.90 Å². The van der Waals surface area contributed by atoms with Crippen molar-refractivity contribution in [3.63, 3.8) is 0 Å². The van der Waals surface area contributed by atoms with Crippen molar-refractivity contribution in [2.45, 2.75) is 12.8 Å². The van der Waals surface area contributed by atoms with Gasteiger partial charge in [-0.3, -0.25) is 34.2 Å². The van der Waals surface area contributed by atoms with Crippen LogP contribution in [0.25, 0.3) is 0 Å². The third-order valence-electron chi connectivity index (χ3n) is 4.59. The number of rotatable bonds is 6. The Morgan fingerprint density at radius 2 is 1.82 bits per heavy atom. The number of ether oxygens (including phenoxy) is 1. The molecule has 0 saturated carbocycles. The number of nitrogens with zero attached hydrogens (tertiary/aromatic N) is 2. The van der Waals surface area contributed by atoms with Crippen LogP contribution in [0.4, 0.5) is 11.4 Å². The Balaban J connectivity index is 1.50. The van der Waals surface area contributed by atoms with Crippen LogP contribution in [0.5, 0.6) is 0 Å². The summed E-state index contributed by atoms with van der Waals surface area (Å²) in [6.45, 7) is -1.19. The van der Waals surface area contributed by atoms with Gasteiger partial charge in [-0.05, 0) is 18.9 Å². The van der Waals surface area contributed by atoms with Gasteiger partial charge in [0.25, 0.3) is 11.6 Å². The molecule has 146 valence electrons. The lowest BCUT2D eigenvalue weighted by molar-refractivity contribution is -0.384. The van der Waals surface area contributed by atoms with Crippen molar-refractivity contribution in [2.75, 3.05) is 18.5 Å². The van der Waals surface area contributed by atoms with Gasteiger partial charge in [-0.2, -0.15) is 0 Å². The van der Waals surface area contributed by atoms with Gasteiger partial charge in [0.05, 0.1) is 16.8 Å². The van der Waals surface area contributed by atoms with E-state index in [0.717, 1.165) is 11.0 Å². The number of likely N-dealkylation sites (tertiary alicyclic amines) is 1. The number of allylic oxidation sites excluding steroid dienone is 2. The maximum atomic E-state index is 12.3. The fourth-order valence-electron chi connectivity index (χ4n) is 3.24. The van der Waals surface area contributed by atoms with Crippen molar-refractivity contribution in [3.05, 3.63) is 46.5 Å². The Kier molecular flexibility index (Phi) is 5.48. The Hall–Kier alpha value is -3.56. The molecule has 0 radical (unpaired) electrons. The number of carbonyl (C=O) groups is 4. The van der Waals surface area contributed by atoms with Gasteiger partial charge in [0.15, 0.2) is 6.61 Å². The van der Waals surface area contributed by atoms with Crippen LogP contribution in [-0.2, 0) is 23.9 Å². The fourth-order valence-corrected chi connectivity index (χ4v) is 3.24. The molecular formula is C18H17N3O7. The van der Waals surface area contributed by atoms with Gasteiger partial charge in [0.1, 0.15) is 6.54 Å². The molecule has 2 atom stereocenters. The minimum absolute atomic E-state index is 0.178. The molecule has 1 N–H and O–H groups in total. The van der Waals surface area contributed by atoms with E-state index in [1.165, 1.54) is 18.2 Å². The molecule has 1 aliphatic heterocycles. The van der Waals surface area contributed by atoms with Gasteiger partial charge in [0, 0.05) is 17.8 Å². The molecule has 1 fully saturated rings. The second kappa shape index (κ2) is 7.99. The Labute approximate surface area is 159 Å². The summed E-state index contributed by atoms with van der Waals surface area (Å²) in [7, 11) is 0. The first kappa shape index (κ1) is 19.2. The van der Waals surface area contributed by atoms with Crippen LogP contribution in [-0.4, -0.2) is 46.7 Å². The molecule has 3 rings (SSSR count). The van der Waals surface area contributed by atoms with Crippen molar-refractivity contribution in [2.24, 2.45) is 11.8 Å². The van der Waals surface area contributed by atoms with Gasteiger partial charge in [-0.15, -0.1) is 0 Å². The summed E-state index contributed by atoms with van der Waals surface area (Å²) in [6, 6.07) is 5.28. The van der Waals surface area contributed by atoms with Gasteiger partial charge < -0.3 is 10.1 Å². The highest BCUT2D eigenvalue weighted by molar-refractivity contribution is 6.07. The Morgan fingerprint density at radius 1 is 1.18 bits per heavy atom. The first-order valence-corrected chi connectivity index (χ1v) is 8.57. The average molecular weight is 387 g/mol. The number of imide groups is 1. The first-order chi connectivity index (χ1) is 13.4. The van der Waals surface area contributed by atoms with Crippen LogP contribution in [0.1, 0.15) is 12.8 Å². The number of nitrogens with one attached hydrogen (secondary N) is 1. The van der Waals surface area contributed by atoms with E-state index in [1.54, 1.807) is 0 Å². The third kappa shape index (κ3) is 4.05. The molecule has 0 aromatic heterocycles. The smallest absolute Gasteiger partial charge is 0.326 e.